The quantitative estimate of drug-likeness (QED) is 0.326. The van der Waals surface area contributed by atoms with E-state index in [-0.39, 0.29) is 11.5 Å². The van der Waals surface area contributed by atoms with Crippen LogP contribution >= 0.6 is 11.8 Å². The van der Waals surface area contributed by atoms with Gasteiger partial charge in [-0.05, 0) is 32.6 Å². The molecule has 0 radical (unpaired) electrons. The van der Waals surface area contributed by atoms with Crippen molar-refractivity contribution in [3.63, 3.8) is 0 Å². The Kier molecular flexibility index (Phi) is 5.41. The molecular weight excluding hydrogens is 290 g/mol. The summed E-state index contributed by atoms with van der Waals surface area (Å²) in [6, 6.07) is 1.83. The van der Waals surface area contributed by atoms with Crippen LogP contribution in [0, 0.1) is 0 Å². The molecule has 1 aliphatic carbocycles. The molecule has 1 unspecified atom stereocenters. The smallest absolute Gasteiger partial charge is 0.325 e. The van der Waals surface area contributed by atoms with E-state index in [9.17, 15) is 9.59 Å². The van der Waals surface area contributed by atoms with Crippen molar-refractivity contribution in [3.8, 4) is 0 Å². The minimum atomic E-state index is -0.631. The summed E-state index contributed by atoms with van der Waals surface area (Å²) in [5, 5.41) is 3.98. The lowest BCUT2D eigenvalue weighted by atomic mass is 9.96. The molecule has 0 aliphatic heterocycles. The third kappa shape index (κ3) is 4.86. The molecule has 1 aromatic heterocycles. The number of nitrogens with zero attached hydrogens (tertiary/aromatic N) is 1. The van der Waals surface area contributed by atoms with E-state index in [1.54, 1.807) is 0 Å². The first-order valence-corrected chi connectivity index (χ1v) is 8.06. The van der Waals surface area contributed by atoms with Crippen LogP contribution in [0.5, 0.6) is 0 Å². The van der Waals surface area contributed by atoms with Gasteiger partial charge in [0.1, 0.15) is 5.54 Å². The SMILES string of the molecule is COC(=O)C(C)(CCCSc1nccc(=O)[nH]1)NC1CC1. The van der Waals surface area contributed by atoms with Crippen LogP contribution in [0.3, 0.4) is 0 Å². The molecular formula is C14H21N3O3S. The van der Waals surface area contributed by atoms with Crippen LogP contribution in [0.4, 0.5) is 0 Å². The van der Waals surface area contributed by atoms with E-state index in [0.29, 0.717) is 17.6 Å². The number of methoxy groups -OCH3 is 1. The molecule has 0 aromatic carbocycles. The molecule has 0 bridgehead atoms. The van der Waals surface area contributed by atoms with Crippen LogP contribution in [0.2, 0.25) is 0 Å². The van der Waals surface area contributed by atoms with Gasteiger partial charge in [-0.1, -0.05) is 11.8 Å². The van der Waals surface area contributed by atoms with E-state index in [0.717, 1.165) is 25.0 Å². The molecule has 21 heavy (non-hydrogen) atoms. The second kappa shape index (κ2) is 7.09. The highest BCUT2D eigenvalue weighted by Gasteiger charge is 2.38. The number of hydrogen-bond donors (Lipinski definition) is 2. The van der Waals surface area contributed by atoms with Crippen molar-refractivity contribution in [1.29, 1.82) is 0 Å². The number of hydrogen-bond acceptors (Lipinski definition) is 6. The topological polar surface area (TPSA) is 84.1 Å². The van der Waals surface area contributed by atoms with Crippen LogP contribution in [0.15, 0.2) is 22.2 Å². The number of nitrogens with one attached hydrogen (secondary N) is 2. The van der Waals surface area contributed by atoms with Crippen LogP contribution in [0.1, 0.15) is 32.6 Å². The molecule has 0 saturated heterocycles. The Balaban J connectivity index is 1.81. The van der Waals surface area contributed by atoms with Crippen molar-refractivity contribution in [2.75, 3.05) is 12.9 Å². The highest BCUT2D eigenvalue weighted by Crippen LogP contribution is 2.26. The van der Waals surface area contributed by atoms with Gasteiger partial charge in [-0.15, -0.1) is 0 Å². The summed E-state index contributed by atoms with van der Waals surface area (Å²) < 4.78 is 4.91. The van der Waals surface area contributed by atoms with Gasteiger partial charge < -0.3 is 9.72 Å². The first-order chi connectivity index (χ1) is 10.0. The van der Waals surface area contributed by atoms with Crippen molar-refractivity contribution >= 4 is 17.7 Å². The Morgan fingerprint density at radius 1 is 1.62 bits per heavy atom. The molecule has 116 valence electrons. The van der Waals surface area contributed by atoms with E-state index < -0.39 is 5.54 Å². The zero-order valence-electron chi connectivity index (χ0n) is 12.3. The van der Waals surface area contributed by atoms with Gasteiger partial charge in [-0.2, -0.15) is 0 Å². The van der Waals surface area contributed by atoms with Gasteiger partial charge in [0.2, 0.25) is 0 Å². The Morgan fingerprint density at radius 2 is 2.38 bits per heavy atom. The first kappa shape index (κ1) is 16.0. The predicted octanol–water partition coefficient (Wildman–Crippen LogP) is 1.33. The lowest BCUT2D eigenvalue weighted by molar-refractivity contribution is -0.148. The fourth-order valence-electron chi connectivity index (χ4n) is 2.16. The van der Waals surface area contributed by atoms with Gasteiger partial charge in [-0.25, -0.2) is 4.98 Å². The molecule has 6 nitrogen and oxygen atoms in total. The molecule has 2 rings (SSSR count). The summed E-state index contributed by atoms with van der Waals surface area (Å²) in [7, 11) is 1.42. The van der Waals surface area contributed by atoms with Crippen molar-refractivity contribution in [1.82, 2.24) is 15.3 Å². The molecule has 1 atom stereocenters. The summed E-state index contributed by atoms with van der Waals surface area (Å²) in [4.78, 5) is 29.9. The largest absolute Gasteiger partial charge is 0.468 e. The van der Waals surface area contributed by atoms with E-state index in [1.165, 1.54) is 31.1 Å². The normalized spacial score (nSPS) is 17.2. The van der Waals surface area contributed by atoms with E-state index in [1.807, 2.05) is 6.92 Å². The zero-order valence-corrected chi connectivity index (χ0v) is 13.2. The lowest BCUT2D eigenvalue weighted by Crippen LogP contribution is -2.51. The Hall–Kier alpha value is -1.34. The average molecular weight is 311 g/mol. The number of carbonyl (C=O) groups is 1. The van der Waals surface area contributed by atoms with E-state index >= 15 is 0 Å². The molecule has 2 N–H and O–H groups in total. The highest BCUT2D eigenvalue weighted by atomic mass is 32.2. The maximum atomic E-state index is 12.0. The number of aromatic nitrogens is 2. The molecule has 7 heteroatoms. The number of rotatable bonds is 8. The second-order valence-corrected chi connectivity index (χ2v) is 6.52. The summed E-state index contributed by atoms with van der Waals surface area (Å²) in [6.07, 6.45) is 5.26. The number of H-pyrrole nitrogens is 1. The third-order valence-electron chi connectivity index (χ3n) is 3.44. The van der Waals surface area contributed by atoms with E-state index in [4.69, 9.17) is 4.74 Å². The molecule has 0 spiro atoms. The van der Waals surface area contributed by atoms with Gasteiger partial charge >= 0.3 is 5.97 Å². The van der Waals surface area contributed by atoms with Crippen molar-refractivity contribution in [2.24, 2.45) is 0 Å². The minimum absolute atomic E-state index is 0.151. The fraction of sp³-hybridized carbons (Fsp3) is 0.643. The average Bonchev–Trinajstić information content (AvgIpc) is 3.26. The Bertz CT molecular complexity index is 544. The molecule has 0 amide bonds. The van der Waals surface area contributed by atoms with Crippen LogP contribution in [0.25, 0.3) is 0 Å². The summed E-state index contributed by atoms with van der Waals surface area (Å²) in [5.74, 6) is 0.567. The monoisotopic (exact) mass is 311 g/mol. The maximum Gasteiger partial charge on any atom is 0.325 e. The van der Waals surface area contributed by atoms with E-state index in [2.05, 4.69) is 15.3 Å². The van der Waals surface area contributed by atoms with Gasteiger partial charge in [-0.3, -0.25) is 14.9 Å². The minimum Gasteiger partial charge on any atom is -0.468 e. The van der Waals surface area contributed by atoms with Gasteiger partial charge in [0.25, 0.3) is 5.56 Å². The molecule has 1 fully saturated rings. The standard InChI is InChI=1S/C14H21N3O3S/c1-14(12(19)20-2,17-10-4-5-10)7-3-9-21-13-15-8-6-11(18)16-13/h6,8,10,17H,3-5,7,9H2,1-2H3,(H,15,16,18). The third-order valence-corrected chi connectivity index (χ3v) is 4.42. The predicted molar refractivity (Wildman–Crippen MR) is 81.4 cm³/mol. The fourth-order valence-corrected chi connectivity index (χ4v) is 2.95. The number of ether oxygens (including phenoxy) is 1. The molecule has 1 aliphatic rings. The van der Waals surface area contributed by atoms with Gasteiger partial charge in [0, 0.05) is 24.1 Å². The Morgan fingerprint density at radius 3 is 3.00 bits per heavy atom. The first-order valence-electron chi connectivity index (χ1n) is 7.08. The summed E-state index contributed by atoms with van der Waals surface area (Å²) in [6.45, 7) is 1.89. The van der Waals surface area contributed by atoms with Gasteiger partial charge in [0.15, 0.2) is 5.16 Å². The zero-order chi connectivity index (χ0) is 15.3. The van der Waals surface area contributed by atoms with Crippen LogP contribution in [-0.2, 0) is 9.53 Å². The van der Waals surface area contributed by atoms with Crippen LogP contribution in [-0.4, -0.2) is 40.4 Å². The number of carbonyl (C=O) groups excluding carboxylic acids is 1. The number of thioether (sulfide) groups is 1. The molecule has 1 heterocycles. The lowest BCUT2D eigenvalue weighted by Gasteiger charge is -2.28. The number of esters is 1. The number of aromatic amines is 1. The highest BCUT2D eigenvalue weighted by molar-refractivity contribution is 7.99. The van der Waals surface area contributed by atoms with Crippen molar-refractivity contribution in [2.45, 2.75) is 49.3 Å². The van der Waals surface area contributed by atoms with Gasteiger partial charge in [0.05, 0.1) is 7.11 Å². The summed E-state index contributed by atoms with van der Waals surface area (Å²) >= 11 is 1.48. The summed E-state index contributed by atoms with van der Waals surface area (Å²) in [5.41, 5.74) is -0.782. The molecule has 1 aromatic rings. The van der Waals surface area contributed by atoms with Crippen LogP contribution < -0.4 is 10.9 Å². The molecule has 1 saturated carbocycles. The maximum absolute atomic E-state index is 12.0. The Labute approximate surface area is 128 Å². The second-order valence-electron chi connectivity index (χ2n) is 5.43. The van der Waals surface area contributed by atoms with Crippen molar-refractivity contribution in [3.05, 3.63) is 22.6 Å². The van der Waals surface area contributed by atoms with Crippen molar-refractivity contribution < 1.29 is 9.53 Å².